The van der Waals surface area contributed by atoms with E-state index in [0.29, 0.717) is 48.9 Å². The standard InChI is InChI=1S/C22H26Cl2N2O3S/c1-2-15-30(28,29)26-13-11-22(12-14-26,17-7-4-3-5-8-17)16-25-21(27)20-18(23)9-6-10-19(20)24/h3-10H,2,11-16H2,1H3,(H,25,27). The second-order valence-corrected chi connectivity index (χ2v) is 10.5. The molecule has 2 aromatic carbocycles. The molecule has 0 bridgehead atoms. The van der Waals surface area contributed by atoms with Crippen LogP contribution in [0.5, 0.6) is 0 Å². The fraction of sp³-hybridized carbons (Fsp3) is 0.409. The highest BCUT2D eigenvalue weighted by Gasteiger charge is 2.39. The first-order valence-electron chi connectivity index (χ1n) is 10.0. The molecule has 1 amide bonds. The number of carbonyl (C=O) groups excluding carboxylic acids is 1. The molecule has 8 heteroatoms. The van der Waals surface area contributed by atoms with Crippen molar-refractivity contribution in [2.45, 2.75) is 31.6 Å². The minimum absolute atomic E-state index is 0.160. The second kappa shape index (κ2) is 9.69. The van der Waals surface area contributed by atoms with E-state index >= 15 is 0 Å². The number of halogens is 2. The number of hydrogen-bond donors (Lipinski definition) is 1. The molecule has 1 heterocycles. The molecule has 0 unspecified atom stereocenters. The molecule has 30 heavy (non-hydrogen) atoms. The van der Waals surface area contributed by atoms with Gasteiger partial charge in [-0.2, -0.15) is 0 Å². The third kappa shape index (κ3) is 4.99. The van der Waals surface area contributed by atoms with Gasteiger partial charge in [0.05, 0.1) is 21.4 Å². The number of benzene rings is 2. The number of amides is 1. The van der Waals surface area contributed by atoms with Gasteiger partial charge in [0.2, 0.25) is 10.0 Å². The van der Waals surface area contributed by atoms with E-state index in [1.54, 1.807) is 22.5 Å². The maximum Gasteiger partial charge on any atom is 0.254 e. The molecular formula is C22H26Cl2N2O3S. The van der Waals surface area contributed by atoms with Crippen molar-refractivity contribution in [3.63, 3.8) is 0 Å². The first-order valence-corrected chi connectivity index (χ1v) is 12.4. The number of piperidine rings is 1. The van der Waals surface area contributed by atoms with E-state index < -0.39 is 10.0 Å². The minimum atomic E-state index is -3.24. The molecule has 1 fully saturated rings. The van der Waals surface area contributed by atoms with Crippen LogP contribution in [0.1, 0.15) is 42.1 Å². The Kier molecular flexibility index (Phi) is 7.45. The lowest BCUT2D eigenvalue weighted by Gasteiger charge is -2.42. The minimum Gasteiger partial charge on any atom is -0.351 e. The van der Waals surface area contributed by atoms with E-state index in [4.69, 9.17) is 23.2 Å². The summed E-state index contributed by atoms with van der Waals surface area (Å²) in [6, 6.07) is 14.9. The van der Waals surface area contributed by atoms with Crippen molar-refractivity contribution >= 4 is 39.1 Å². The summed E-state index contributed by atoms with van der Waals surface area (Å²) in [7, 11) is -3.24. The maximum atomic E-state index is 12.8. The first-order chi connectivity index (χ1) is 14.3. The van der Waals surface area contributed by atoms with Gasteiger partial charge >= 0.3 is 0 Å². The molecule has 1 aliphatic heterocycles. The fourth-order valence-electron chi connectivity index (χ4n) is 3.99. The topological polar surface area (TPSA) is 66.5 Å². The van der Waals surface area contributed by atoms with Gasteiger partial charge in [-0.15, -0.1) is 0 Å². The van der Waals surface area contributed by atoms with E-state index in [9.17, 15) is 13.2 Å². The lowest BCUT2D eigenvalue weighted by molar-refractivity contribution is 0.0933. The van der Waals surface area contributed by atoms with E-state index in [1.165, 1.54) is 0 Å². The maximum absolute atomic E-state index is 12.8. The van der Waals surface area contributed by atoms with E-state index in [0.717, 1.165) is 5.56 Å². The Morgan fingerprint density at radius 2 is 1.63 bits per heavy atom. The molecule has 5 nitrogen and oxygen atoms in total. The smallest absolute Gasteiger partial charge is 0.254 e. The second-order valence-electron chi connectivity index (χ2n) is 7.64. The summed E-state index contributed by atoms with van der Waals surface area (Å²) in [6.45, 7) is 3.10. The van der Waals surface area contributed by atoms with Crippen LogP contribution in [0.15, 0.2) is 48.5 Å². The molecule has 1 aliphatic rings. The van der Waals surface area contributed by atoms with Gasteiger partial charge in [-0.3, -0.25) is 4.79 Å². The average molecular weight is 469 g/mol. The lowest BCUT2D eigenvalue weighted by atomic mass is 9.73. The highest BCUT2D eigenvalue weighted by atomic mass is 35.5. The average Bonchev–Trinajstić information content (AvgIpc) is 2.73. The lowest BCUT2D eigenvalue weighted by Crippen LogP contribution is -2.50. The number of rotatable bonds is 7. The van der Waals surface area contributed by atoms with Crippen molar-refractivity contribution in [1.29, 1.82) is 0 Å². The number of nitrogens with one attached hydrogen (secondary N) is 1. The fourth-order valence-corrected chi connectivity index (χ4v) is 6.07. The first kappa shape index (κ1) is 23.1. The molecule has 1 saturated heterocycles. The van der Waals surface area contributed by atoms with Crippen molar-refractivity contribution in [1.82, 2.24) is 9.62 Å². The Labute approximate surface area is 188 Å². The van der Waals surface area contributed by atoms with E-state index in [-0.39, 0.29) is 22.6 Å². The summed E-state index contributed by atoms with van der Waals surface area (Å²) >= 11 is 12.4. The van der Waals surface area contributed by atoms with Crippen LogP contribution in [-0.2, 0) is 15.4 Å². The third-order valence-electron chi connectivity index (χ3n) is 5.70. The van der Waals surface area contributed by atoms with Gasteiger partial charge in [0.25, 0.3) is 5.91 Å². The Hall–Kier alpha value is -1.60. The van der Waals surface area contributed by atoms with Crippen LogP contribution in [0.2, 0.25) is 10.0 Å². The van der Waals surface area contributed by atoms with E-state index in [1.807, 2.05) is 37.3 Å². The Morgan fingerprint density at radius 3 is 2.20 bits per heavy atom. The zero-order valence-electron chi connectivity index (χ0n) is 16.9. The third-order valence-corrected chi connectivity index (χ3v) is 8.40. The zero-order chi connectivity index (χ0) is 21.8. The van der Waals surface area contributed by atoms with Crippen molar-refractivity contribution in [3.05, 3.63) is 69.7 Å². The Morgan fingerprint density at radius 1 is 1.03 bits per heavy atom. The molecular weight excluding hydrogens is 443 g/mol. The summed E-state index contributed by atoms with van der Waals surface area (Å²) in [6.07, 6.45) is 1.84. The SMILES string of the molecule is CCCS(=O)(=O)N1CCC(CNC(=O)c2c(Cl)cccc2Cl)(c2ccccc2)CC1. The van der Waals surface area contributed by atoms with Crippen LogP contribution in [0.25, 0.3) is 0 Å². The van der Waals surface area contributed by atoms with E-state index in [2.05, 4.69) is 5.32 Å². The largest absolute Gasteiger partial charge is 0.351 e. The zero-order valence-corrected chi connectivity index (χ0v) is 19.2. The summed E-state index contributed by atoms with van der Waals surface area (Å²) in [5, 5.41) is 3.59. The summed E-state index contributed by atoms with van der Waals surface area (Å²) in [5.74, 6) is -0.172. The van der Waals surface area contributed by atoms with Crippen molar-refractivity contribution in [2.75, 3.05) is 25.4 Å². The van der Waals surface area contributed by atoms with Crippen LogP contribution < -0.4 is 5.32 Å². The summed E-state index contributed by atoms with van der Waals surface area (Å²) in [5.41, 5.74) is 0.984. The Bertz CT molecular complexity index is 968. The number of sulfonamides is 1. The van der Waals surface area contributed by atoms with Crippen LogP contribution in [0.4, 0.5) is 0 Å². The molecule has 0 radical (unpaired) electrons. The number of hydrogen-bond acceptors (Lipinski definition) is 3. The normalized spacial score (nSPS) is 16.9. The molecule has 2 aromatic rings. The molecule has 3 rings (SSSR count). The van der Waals surface area contributed by atoms with Gasteiger partial charge in [-0.05, 0) is 37.0 Å². The predicted molar refractivity (Wildman–Crippen MR) is 122 cm³/mol. The number of nitrogens with zero attached hydrogens (tertiary/aromatic N) is 1. The van der Waals surface area contributed by atoms with Gasteiger partial charge < -0.3 is 5.32 Å². The van der Waals surface area contributed by atoms with Crippen molar-refractivity contribution in [2.24, 2.45) is 0 Å². The molecule has 162 valence electrons. The highest BCUT2D eigenvalue weighted by molar-refractivity contribution is 7.89. The van der Waals surface area contributed by atoms with Crippen LogP contribution in [0, 0.1) is 0 Å². The quantitative estimate of drug-likeness (QED) is 0.650. The van der Waals surface area contributed by atoms with Gasteiger partial charge in [0, 0.05) is 25.0 Å². The highest BCUT2D eigenvalue weighted by Crippen LogP contribution is 2.36. The molecule has 0 atom stereocenters. The number of carbonyl (C=O) groups is 1. The monoisotopic (exact) mass is 468 g/mol. The molecule has 0 aromatic heterocycles. The predicted octanol–water partition coefficient (Wildman–Crippen LogP) is 4.50. The summed E-state index contributed by atoms with van der Waals surface area (Å²) in [4.78, 5) is 12.8. The molecule has 0 spiro atoms. The van der Waals surface area contributed by atoms with Gasteiger partial charge in [-0.25, -0.2) is 12.7 Å². The van der Waals surface area contributed by atoms with Gasteiger partial charge in [0.15, 0.2) is 0 Å². The van der Waals surface area contributed by atoms with Crippen LogP contribution in [0.3, 0.4) is 0 Å². The van der Waals surface area contributed by atoms with Crippen LogP contribution in [-0.4, -0.2) is 44.0 Å². The molecule has 0 aliphatic carbocycles. The van der Waals surface area contributed by atoms with Gasteiger partial charge in [0.1, 0.15) is 0 Å². The van der Waals surface area contributed by atoms with Crippen molar-refractivity contribution < 1.29 is 13.2 Å². The summed E-state index contributed by atoms with van der Waals surface area (Å²) < 4.78 is 26.5. The van der Waals surface area contributed by atoms with Crippen LogP contribution >= 0.6 is 23.2 Å². The molecule has 0 saturated carbocycles. The Balaban J connectivity index is 1.81. The van der Waals surface area contributed by atoms with Crippen molar-refractivity contribution in [3.8, 4) is 0 Å². The molecule has 1 N–H and O–H groups in total. The van der Waals surface area contributed by atoms with Gasteiger partial charge in [-0.1, -0.05) is 66.5 Å².